The largest absolute Gasteiger partial charge is 0.462 e. The second-order valence-electron chi connectivity index (χ2n) is 3.36. The van der Waals surface area contributed by atoms with Crippen molar-refractivity contribution in [3.05, 3.63) is 28.2 Å². The van der Waals surface area contributed by atoms with Gasteiger partial charge in [0.2, 0.25) is 0 Å². The number of ether oxygens (including phenoxy) is 1. The smallest absolute Gasteiger partial charge is 0.366 e. The average molecular weight is 327 g/mol. The Balaban J connectivity index is 3.78. The third kappa shape index (κ3) is 3.41. The molecular formula is C8H9NO9S2. The van der Waals surface area contributed by atoms with Gasteiger partial charge in [-0.3, -0.25) is 13.9 Å². The number of aromatic nitrogens is 1. The van der Waals surface area contributed by atoms with E-state index in [0.29, 0.717) is 6.07 Å². The molecule has 0 atom stereocenters. The lowest BCUT2D eigenvalue weighted by Crippen LogP contribution is -2.32. The average Bonchev–Trinajstić information content (AvgIpc) is 2.26. The van der Waals surface area contributed by atoms with Gasteiger partial charge < -0.3 is 4.74 Å². The van der Waals surface area contributed by atoms with E-state index in [0.717, 1.165) is 0 Å². The van der Waals surface area contributed by atoms with Crippen LogP contribution in [0, 0.1) is 0 Å². The van der Waals surface area contributed by atoms with E-state index in [1.54, 1.807) is 0 Å². The minimum Gasteiger partial charge on any atom is -0.462 e. The summed E-state index contributed by atoms with van der Waals surface area (Å²) in [5.74, 6) is -1.31. The zero-order valence-electron chi connectivity index (χ0n) is 9.88. The quantitative estimate of drug-likeness (QED) is 0.518. The van der Waals surface area contributed by atoms with Crippen molar-refractivity contribution in [3.63, 3.8) is 0 Å². The Kier molecular flexibility index (Phi) is 4.33. The second kappa shape index (κ2) is 5.32. The highest BCUT2D eigenvalue weighted by Crippen LogP contribution is 2.10. The van der Waals surface area contributed by atoms with Gasteiger partial charge >= 0.3 is 16.3 Å². The SMILES string of the molecule is CCOC(=O)c1cc(S(=O)(=O)O)cn(S(=O)(=O)O)c1=O. The summed E-state index contributed by atoms with van der Waals surface area (Å²) in [5, 5.41) is 0. The Morgan fingerprint density at radius 3 is 2.25 bits per heavy atom. The molecule has 0 fully saturated rings. The second-order valence-corrected chi connectivity index (χ2v) is 6.07. The Labute approximate surface area is 113 Å². The summed E-state index contributed by atoms with van der Waals surface area (Å²) in [6.45, 7) is 1.23. The van der Waals surface area contributed by atoms with Crippen LogP contribution in [-0.4, -0.2) is 42.5 Å². The molecule has 1 aromatic heterocycles. The van der Waals surface area contributed by atoms with Gasteiger partial charge in [-0.15, -0.1) is 0 Å². The highest BCUT2D eigenvalue weighted by Gasteiger charge is 2.24. The predicted molar refractivity (Wildman–Crippen MR) is 63.4 cm³/mol. The highest BCUT2D eigenvalue weighted by molar-refractivity contribution is 7.86. The van der Waals surface area contributed by atoms with Crippen LogP contribution in [-0.2, 0) is 25.2 Å². The number of nitrogens with zero attached hydrogens (tertiary/aromatic N) is 1. The van der Waals surface area contributed by atoms with E-state index in [9.17, 15) is 26.4 Å². The molecule has 20 heavy (non-hydrogen) atoms. The molecule has 0 saturated carbocycles. The Hall–Kier alpha value is -1.76. The summed E-state index contributed by atoms with van der Waals surface area (Å²) in [4.78, 5) is 22.0. The van der Waals surface area contributed by atoms with Gasteiger partial charge in [0, 0.05) is 6.20 Å². The maximum Gasteiger partial charge on any atom is 0.366 e. The van der Waals surface area contributed by atoms with Crippen LogP contribution in [0.2, 0.25) is 0 Å². The summed E-state index contributed by atoms with van der Waals surface area (Å²) in [6, 6.07) is 0.442. The van der Waals surface area contributed by atoms with Crippen molar-refractivity contribution < 1.29 is 35.5 Å². The van der Waals surface area contributed by atoms with Crippen LogP contribution in [0.5, 0.6) is 0 Å². The van der Waals surface area contributed by atoms with Crippen LogP contribution in [0.25, 0.3) is 0 Å². The number of hydrogen-bond donors (Lipinski definition) is 2. The fourth-order valence-electron chi connectivity index (χ4n) is 1.20. The molecule has 0 amide bonds. The first-order valence-electron chi connectivity index (χ1n) is 4.87. The van der Waals surface area contributed by atoms with E-state index in [4.69, 9.17) is 9.11 Å². The first-order chi connectivity index (χ1) is 8.98. The molecule has 0 spiro atoms. The molecule has 2 N–H and O–H groups in total. The van der Waals surface area contributed by atoms with Gasteiger partial charge in [0.15, 0.2) is 0 Å². The molecule has 0 aliphatic rings. The Morgan fingerprint density at radius 1 is 1.30 bits per heavy atom. The molecule has 10 nitrogen and oxygen atoms in total. The number of esters is 1. The van der Waals surface area contributed by atoms with E-state index in [1.807, 2.05) is 0 Å². The van der Waals surface area contributed by atoms with Crippen molar-refractivity contribution in [2.24, 2.45) is 0 Å². The maximum atomic E-state index is 11.7. The zero-order valence-corrected chi connectivity index (χ0v) is 11.5. The monoisotopic (exact) mass is 327 g/mol. The zero-order chi connectivity index (χ0) is 15.7. The number of hydrogen-bond acceptors (Lipinski definition) is 7. The molecule has 0 radical (unpaired) electrons. The summed E-state index contributed by atoms with van der Waals surface area (Å²) < 4.78 is 65.5. The van der Waals surface area contributed by atoms with E-state index in [2.05, 4.69) is 4.74 Å². The third-order valence-corrected chi connectivity index (χ3v) is 3.59. The lowest BCUT2D eigenvalue weighted by atomic mass is 10.3. The van der Waals surface area contributed by atoms with Crippen LogP contribution in [0.15, 0.2) is 22.0 Å². The van der Waals surface area contributed by atoms with Gasteiger partial charge in [-0.25, -0.2) is 4.79 Å². The van der Waals surface area contributed by atoms with Gasteiger partial charge in [0.05, 0.1) is 6.61 Å². The van der Waals surface area contributed by atoms with Crippen molar-refractivity contribution in [1.29, 1.82) is 0 Å². The minimum atomic E-state index is -5.17. The summed E-state index contributed by atoms with van der Waals surface area (Å²) in [7, 11) is -10.1. The maximum absolute atomic E-state index is 11.7. The molecule has 12 heteroatoms. The topological polar surface area (TPSA) is 157 Å². The molecule has 112 valence electrons. The van der Waals surface area contributed by atoms with Crippen LogP contribution in [0.4, 0.5) is 0 Å². The van der Waals surface area contributed by atoms with Crippen LogP contribution >= 0.6 is 0 Å². The fraction of sp³-hybridized carbons (Fsp3) is 0.250. The molecule has 0 aromatic carbocycles. The first kappa shape index (κ1) is 16.3. The summed E-state index contributed by atoms with van der Waals surface area (Å²) >= 11 is 0. The van der Waals surface area contributed by atoms with Gasteiger partial charge in [0.25, 0.3) is 15.7 Å². The van der Waals surface area contributed by atoms with Gasteiger partial charge in [0.1, 0.15) is 10.5 Å². The van der Waals surface area contributed by atoms with Crippen molar-refractivity contribution >= 4 is 26.4 Å². The number of carbonyl (C=O) groups is 1. The number of pyridine rings is 1. The highest BCUT2D eigenvalue weighted by atomic mass is 32.2. The molecule has 1 rings (SSSR count). The third-order valence-electron chi connectivity index (χ3n) is 2.00. The van der Waals surface area contributed by atoms with Crippen molar-refractivity contribution in [2.75, 3.05) is 6.61 Å². The molecule has 0 unspecified atom stereocenters. The molecule has 0 bridgehead atoms. The van der Waals surface area contributed by atoms with E-state index < -0.39 is 46.4 Å². The first-order valence-corrected chi connectivity index (χ1v) is 7.71. The number of rotatable bonds is 4. The van der Waals surface area contributed by atoms with E-state index in [-0.39, 0.29) is 12.8 Å². The Morgan fingerprint density at radius 2 is 1.85 bits per heavy atom. The summed E-state index contributed by atoms with van der Waals surface area (Å²) in [6.07, 6.45) is 0.162. The lowest BCUT2D eigenvalue weighted by molar-refractivity contribution is 0.0523. The van der Waals surface area contributed by atoms with Gasteiger partial charge in [-0.05, 0) is 13.0 Å². The van der Waals surface area contributed by atoms with Crippen molar-refractivity contribution in [2.45, 2.75) is 11.8 Å². The molecule has 1 heterocycles. The van der Waals surface area contributed by atoms with Crippen molar-refractivity contribution in [1.82, 2.24) is 3.97 Å². The van der Waals surface area contributed by atoms with Crippen LogP contribution in [0.3, 0.4) is 0 Å². The normalized spacial score (nSPS) is 12.2. The molecule has 0 saturated heterocycles. The lowest BCUT2D eigenvalue weighted by Gasteiger charge is -2.07. The molecular weight excluding hydrogens is 318 g/mol. The molecule has 0 aliphatic heterocycles. The van der Waals surface area contributed by atoms with Crippen LogP contribution < -0.4 is 5.56 Å². The minimum absolute atomic E-state index is 0.162. The predicted octanol–water partition coefficient (Wildman–Crippen LogP) is -1.08. The van der Waals surface area contributed by atoms with E-state index >= 15 is 0 Å². The van der Waals surface area contributed by atoms with Crippen molar-refractivity contribution in [3.8, 4) is 0 Å². The van der Waals surface area contributed by atoms with Gasteiger partial charge in [-0.2, -0.15) is 20.8 Å². The van der Waals surface area contributed by atoms with Gasteiger partial charge in [-0.1, -0.05) is 0 Å². The molecule has 0 aliphatic carbocycles. The Bertz CT molecular complexity index is 803. The fourth-order valence-corrected chi connectivity index (χ4v) is 2.33. The summed E-state index contributed by atoms with van der Waals surface area (Å²) in [5.41, 5.74) is -2.49. The molecule has 1 aromatic rings. The van der Waals surface area contributed by atoms with Crippen LogP contribution in [0.1, 0.15) is 17.3 Å². The standard InChI is InChI=1S/C8H9NO9S2/c1-2-18-8(11)6-3-5(19(12,13)14)4-9(7(6)10)20(15,16)17/h3-4H,2H2,1H3,(H,12,13,14)(H,15,16,17). The number of carbonyl (C=O) groups excluding carboxylic acids is 1. The van der Waals surface area contributed by atoms with E-state index in [1.165, 1.54) is 6.92 Å².